The third-order valence-electron chi connectivity index (χ3n) is 4.74. The van der Waals surface area contributed by atoms with Gasteiger partial charge in [0, 0.05) is 12.8 Å². The Morgan fingerprint density at radius 3 is 2.28 bits per heavy atom. The molecule has 0 unspecified atom stereocenters. The van der Waals surface area contributed by atoms with Gasteiger partial charge >= 0.3 is 5.97 Å². The summed E-state index contributed by atoms with van der Waals surface area (Å²) in [5.41, 5.74) is 2.34. The molecule has 162 valence electrons. The predicted octanol–water partition coefficient (Wildman–Crippen LogP) is 4.42. The molecule has 0 aliphatic carbocycles. The summed E-state index contributed by atoms with van der Waals surface area (Å²) >= 11 is 0. The summed E-state index contributed by atoms with van der Waals surface area (Å²) in [6.07, 6.45) is 1.84. The van der Waals surface area contributed by atoms with Crippen LogP contribution in [0, 0.1) is 5.82 Å². The third kappa shape index (κ3) is 4.97. The number of carbonyl (C=O) groups excluding carboxylic acids is 2. The van der Waals surface area contributed by atoms with Crippen LogP contribution in [0.2, 0.25) is 0 Å². The molecule has 32 heavy (non-hydrogen) atoms. The number of aromatic amines is 1. The summed E-state index contributed by atoms with van der Waals surface area (Å²) in [7, 11) is 0. The molecule has 4 rings (SSSR count). The van der Waals surface area contributed by atoms with E-state index in [2.05, 4.69) is 15.0 Å². The molecule has 0 bridgehead atoms. The molecule has 7 nitrogen and oxygen atoms in total. The van der Waals surface area contributed by atoms with Crippen LogP contribution in [0.3, 0.4) is 0 Å². The lowest BCUT2D eigenvalue weighted by molar-refractivity contribution is -0.117. The zero-order chi connectivity index (χ0) is 22.5. The molecular formula is C24H20FN3O4. The lowest BCUT2D eigenvalue weighted by Gasteiger charge is -2.07. The number of benzene rings is 2. The van der Waals surface area contributed by atoms with Crippen molar-refractivity contribution in [2.45, 2.75) is 19.8 Å². The molecule has 2 aromatic carbocycles. The van der Waals surface area contributed by atoms with Gasteiger partial charge in [-0.2, -0.15) is 0 Å². The van der Waals surface area contributed by atoms with E-state index in [9.17, 15) is 14.0 Å². The van der Waals surface area contributed by atoms with E-state index in [0.717, 1.165) is 11.1 Å². The van der Waals surface area contributed by atoms with Crippen molar-refractivity contribution in [3.8, 4) is 11.6 Å². The molecule has 0 amide bonds. The van der Waals surface area contributed by atoms with E-state index < -0.39 is 5.97 Å². The van der Waals surface area contributed by atoms with Crippen molar-refractivity contribution < 1.29 is 23.5 Å². The van der Waals surface area contributed by atoms with Gasteiger partial charge in [0.25, 0.3) is 0 Å². The second-order valence-electron chi connectivity index (χ2n) is 7.11. The number of ether oxygens (including phenoxy) is 2. The number of Topliss-reactive ketones (excluding diaryl/α,β-unsaturated/α-hetero) is 1. The fourth-order valence-corrected chi connectivity index (χ4v) is 3.22. The van der Waals surface area contributed by atoms with Gasteiger partial charge in [-0.3, -0.25) is 4.79 Å². The topological polar surface area (TPSA) is 94.2 Å². The minimum Gasteiger partial charge on any atom is -0.461 e. The fourth-order valence-electron chi connectivity index (χ4n) is 3.22. The van der Waals surface area contributed by atoms with Crippen LogP contribution in [-0.2, 0) is 22.4 Å². The van der Waals surface area contributed by atoms with Crippen molar-refractivity contribution in [3.63, 3.8) is 0 Å². The molecule has 2 heterocycles. The van der Waals surface area contributed by atoms with Crippen LogP contribution in [0.4, 0.5) is 4.39 Å². The molecule has 0 saturated heterocycles. The normalized spacial score (nSPS) is 10.8. The smallest absolute Gasteiger partial charge is 0.354 e. The number of fused-ring (bicyclic) bond motifs is 1. The minimum atomic E-state index is -0.480. The molecule has 0 spiro atoms. The van der Waals surface area contributed by atoms with Crippen LogP contribution in [0.1, 0.15) is 28.5 Å². The Kier molecular flexibility index (Phi) is 6.21. The number of rotatable bonds is 8. The molecule has 2 aromatic heterocycles. The largest absolute Gasteiger partial charge is 0.461 e. The highest BCUT2D eigenvalue weighted by atomic mass is 19.1. The average molecular weight is 433 g/mol. The number of nitrogens with zero attached hydrogens (tertiary/aromatic N) is 2. The van der Waals surface area contributed by atoms with Crippen LogP contribution in [0.25, 0.3) is 11.0 Å². The third-order valence-corrected chi connectivity index (χ3v) is 4.74. The van der Waals surface area contributed by atoms with Gasteiger partial charge in [-0.1, -0.05) is 24.3 Å². The summed E-state index contributed by atoms with van der Waals surface area (Å²) < 4.78 is 23.9. The average Bonchev–Trinajstić information content (AvgIpc) is 3.23. The molecule has 8 heteroatoms. The summed E-state index contributed by atoms with van der Waals surface area (Å²) in [5, 5.41) is 0.550. The lowest BCUT2D eigenvalue weighted by atomic mass is 10.0. The van der Waals surface area contributed by atoms with E-state index in [1.165, 1.54) is 18.5 Å². The van der Waals surface area contributed by atoms with E-state index in [-0.39, 0.29) is 36.7 Å². The Labute approximate surface area is 183 Å². The van der Waals surface area contributed by atoms with Gasteiger partial charge in [-0.15, -0.1) is 0 Å². The summed E-state index contributed by atoms with van der Waals surface area (Å²) in [6.45, 7) is 2.00. The van der Waals surface area contributed by atoms with Gasteiger partial charge in [-0.25, -0.2) is 19.2 Å². The molecule has 0 aliphatic heterocycles. The van der Waals surface area contributed by atoms with Crippen molar-refractivity contribution in [3.05, 3.63) is 83.6 Å². The molecule has 1 N–H and O–H groups in total. The highest BCUT2D eigenvalue weighted by Crippen LogP contribution is 2.27. The molecule has 0 radical (unpaired) electrons. The van der Waals surface area contributed by atoms with Gasteiger partial charge in [0.2, 0.25) is 5.88 Å². The number of aromatic nitrogens is 3. The van der Waals surface area contributed by atoms with Crippen LogP contribution >= 0.6 is 0 Å². The molecule has 4 aromatic rings. The Morgan fingerprint density at radius 2 is 1.62 bits per heavy atom. The number of carbonyl (C=O) groups is 2. The Hall–Kier alpha value is -4.07. The number of hydrogen-bond acceptors (Lipinski definition) is 6. The first-order valence-corrected chi connectivity index (χ1v) is 10.1. The standard InChI is InChI=1S/C24H20FN3O4/c1-2-31-24(30)21-13-20-22(28-21)26-14-27-23(20)32-19-9-5-16(6-10-19)12-18(29)11-15-3-7-17(25)8-4-15/h3-10,13-14H,2,11-12H2,1H3,(H,26,27,28). The molecule has 0 aliphatic rings. The van der Waals surface area contributed by atoms with Crippen LogP contribution < -0.4 is 4.74 Å². The van der Waals surface area contributed by atoms with Crippen molar-refractivity contribution in [1.29, 1.82) is 0 Å². The van der Waals surface area contributed by atoms with Crippen molar-refractivity contribution in [1.82, 2.24) is 15.0 Å². The number of halogens is 1. The number of nitrogens with one attached hydrogen (secondary N) is 1. The fraction of sp³-hybridized carbons (Fsp3) is 0.167. The first kappa shape index (κ1) is 21.2. The quantitative estimate of drug-likeness (QED) is 0.414. The highest BCUT2D eigenvalue weighted by Gasteiger charge is 2.15. The highest BCUT2D eigenvalue weighted by molar-refractivity contribution is 5.95. The second kappa shape index (κ2) is 9.38. The van der Waals surface area contributed by atoms with Crippen LogP contribution in [-0.4, -0.2) is 33.3 Å². The van der Waals surface area contributed by atoms with Crippen molar-refractivity contribution in [2.24, 2.45) is 0 Å². The molecule has 0 saturated carbocycles. The number of H-pyrrole nitrogens is 1. The van der Waals surface area contributed by atoms with E-state index in [1.54, 1.807) is 49.4 Å². The number of esters is 1. The maximum atomic E-state index is 13.0. The second-order valence-corrected chi connectivity index (χ2v) is 7.11. The van der Waals surface area contributed by atoms with E-state index in [0.29, 0.717) is 22.7 Å². The maximum absolute atomic E-state index is 13.0. The van der Waals surface area contributed by atoms with E-state index in [1.807, 2.05) is 0 Å². The SMILES string of the molecule is CCOC(=O)c1cc2c(Oc3ccc(CC(=O)Cc4ccc(F)cc4)cc3)ncnc2[nH]1. The van der Waals surface area contributed by atoms with Crippen LogP contribution in [0.5, 0.6) is 11.6 Å². The molecular weight excluding hydrogens is 413 g/mol. The Morgan fingerprint density at radius 1 is 0.969 bits per heavy atom. The van der Waals surface area contributed by atoms with E-state index in [4.69, 9.17) is 9.47 Å². The Bertz CT molecular complexity index is 1250. The zero-order valence-corrected chi connectivity index (χ0v) is 17.3. The van der Waals surface area contributed by atoms with Gasteiger partial charge in [-0.05, 0) is 48.4 Å². The summed E-state index contributed by atoms with van der Waals surface area (Å²) in [5.74, 6) is 0.0442. The zero-order valence-electron chi connectivity index (χ0n) is 17.3. The number of ketones is 1. The first-order chi connectivity index (χ1) is 15.5. The van der Waals surface area contributed by atoms with Gasteiger partial charge in [0.1, 0.15) is 35.0 Å². The van der Waals surface area contributed by atoms with Crippen molar-refractivity contribution >= 4 is 22.8 Å². The molecule has 0 atom stereocenters. The lowest BCUT2D eigenvalue weighted by Crippen LogP contribution is -2.06. The molecule has 0 fully saturated rings. The summed E-state index contributed by atoms with van der Waals surface area (Å²) in [6, 6.07) is 14.6. The number of hydrogen-bond donors (Lipinski definition) is 1. The first-order valence-electron chi connectivity index (χ1n) is 10.1. The predicted molar refractivity (Wildman–Crippen MR) is 115 cm³/mol. The van der Waals surface area contributed by atoms with Gasteiger partial charge in [0.15, 0.2) is 0 Å². The van der Waals surface area contributed by atoms with Gasteiger partial charge in [0.05, 0.1) is 12.0 Å². The Balaban J connectivity index is 1.43. The van der Waals surface area contributed by atoms with E-state index >= 15 is 0 Å². The minimum absolute atomic E-state index is 0.0293. The maximum Gasteiger partial charge on any atom is 0.354 e. The van der Waals surface area contributed by atoms with Gasteiger partial charge < -0.3 is 14.5 Å². The van der Waals surface area contributed by atoms with Crippen LogP contribution in [0.15, 0.2) is 60.9 Å². The monoisotopic (exact) mass is 433 g/mol. The van der Waals surface area contributed by atoms with Crippen molar-refractivity contribution in [2.75, 3.05) is 6.61 Å². The summed E-state index contributed by atoms with van der Waals surface area (Å²) in [4.78, 5) is 35.4.